The van der Waals surface area contributed by atoms with E-state index in [1.165, 1.54) is 0 Å². The van der Waals surface area contributed by atoms with E-state index < -0.39 is 0 Å². The SMILES string of the molecule is O=c1c2c(Cl)cccc2[nH]c(=S)n1C1CC1. The highest BCUT2D eigenvalue weighted by atomic mass is 35.5. The van der Waals surface area contributed by atoms with Crippen molar-refractivity contribution in [3.8, 4) is 0 Å². The lowest BCUT2D eigenvalue weighted by Gasteiger charge is -2.06. The maximum atomic E-state index is 12.2. The lowest BCUT2D eigenvalue weighted by molar-refractivity contribution is 0.686. The van der Waals surface area contributed by atoms with Crippen LogP contribution < -0.4 is 5.56 Å². The van der Waals surface area contributed by atoms with Gasteiger partial charge in [-0.15, -0.1) is 0 Å². The third-order valence-corrected chi connectivity index (χ3v) is 3.43. The predicted molar refractivity (Wildman–Crippen MR) is 66.7 cm³/mol. The predicted octanol–water partition coefficient (Wildman–Crippen LogP) is 3.05. The highest BCUT2D eigenvalue weighted by Gasteiger charge is 2.26. The molecule has 1 N–H and O–H groups in total. The molecule has 0 atom stereocenters. The van der Waals surface area contributed by atoms with E-state index in [9.17, 15) is 4.79 Å². The number of aromatic nitrogens is 2. The molecule has 1 aliphatic carbocycles. The topological polar surface area (TPSA) is 37.8 Å². The summed E-state index contributed by atoms with van der Waals surface area (Å²) in [6.07, 6.45) is 2.04. The van der Waals surface area contributed by atoms with E-state index in [-0.39, 0.29) is 11.6 Å². The van der Waals surface area contributed by atoms with E-state index in [0.717, 1.165) is 12.8 Å². The van der Waals surface area contributed by atoms with Crippen LogP contribution in [-0.4, -0.2) is 9.55 Å². The van der Waals surface area contributed by atoms with Crippen LogP contribution in [0.3, 0.4) is 0 Å². The minimum atomic E-state index is -0.0770. The van der Waals surface area contributed by atoms with Gasteiger partial charge in [0, 0.05) is 6.04 Å². The van der Waals surface area contributed by atoms with Crippen LogP contribution in [0.1, 0.15) is 18.9 Å². The van der Waals surface area contributed by atoms with Gasteiger partial charge in [0.1, 0.15) is 0 Å². The summed E-state index contributed by atoms with van der Waals surface area (Å²) in [5.41, 5.74) is 0.631. The second-order valence-corrected chi connectivity index (χ2v) is 4.79. The van der Waals surface area contributed by atoms with E-state index in [1.54, 1.807) is 16.7 Å². The van der Waals surface area contributed by atoms with Gasteiger partial charge in [0.05, 0.1) is 15.9 Å². The monoisotopic (exact) mass is 252 g/mol. The molecule has 3 rings (SSSR count). The first-order valence-corrected chi connectivity index (χ1v) is 5.90. The molecule has 82 valence electrons. The Morgan fingerprint density at radius 3 is 2.88 bits per heavy atom. The van der Waals surface area contributed by atoms with Gasteiger partial charge in [0.2, 0.25) is 0 Å². The summed E-state index contributed by atoms with van der Waals surface area (Å²) >= 11 is 11.2. The maximum Gasteiger partial charge on any atom is 0.263 e. The van der Waals surface area contributed by atoms with Crippen LogP contribution in [0, 0.1) is 4.77 Å². The van der Waals surface area contributed by atoms with E-state index in [4.69, 9.17) is 23.8 Å². The molecule has 2 aromatic rings. The fourth-order valence-electron chi connectivity index (χ4n) is 1.90. The van der Waals surface area contributed by atoms with Crippen molar-refractivity contribution >= 4 is 34.7 Å². The van der Waals surface area contributed by atoms with Gasteiger partial charge < -0.3 is 4.98 Å². The first kappa shape index (κ1) is 10.1. The standard InChI is InChI=1S/C11H9ClN2OS/c12-7-2-1-3-8-9(7)10(15)14(6-4-5-6)11(16)13-8/h1-3,6H,4-5H2,(H,13,16). The molecule has 3 nitrogen and oxygen atoms in total. The van der Waals surface area contributed by atoms with Gasteiger partial charge in [-0.05, 0) is 37.2 Å². The Balaban J connectivity index is 2.50. The summed E-state index contributed by atoms with van der Waals surface area (Å²) < 4.78 is 2.13. The molecule has 1 fully saturated rings. The number of rotatable bonds is 1. The number of nitrogens with one attached hydrogen (secondary N) is 1. The summed E-state index contributed by atoms with van der Waals surface area (Å²) in [5, 5.41) is 1.01. The van der Waals surface area contributed by atoms with Crippen molar-refractivity contribution in [1.82, 2.24) is 9.55 Å². The van der Waals surface area contributed by atoms with Gasteiger partial charge in [-0.3, -0.25) is 9.36 Å². The van der Waals surface area contributed by atoms with Gasteiger partial charge in [0.15, 0.2) is 4.77 Å². The molecular formula is C11H9ClN2OS. The van der Waals surface area contributed by atoms with E-state index in [0.29, 0.717) is 20.7 Å². The summed E-state index contributed by atoms with van der Waals surface area (Å²) in [6, 6.07) is 5.60. The molecule has 0 spiro atoms. The average molecular weight is 253 g/mol. The Bertz CT molecular complexity index is 684. The van der Waals surface area contributed by atoms with E-state index in [1.807, 2.05) is 6.07 Å². The number of hydrogen-bond acceptors (Lipinski definition) is 2. The number of nitrogens with zero attached hydrogens (tertiary/aromatic N) is 1. The third-order valence-electron chi connectivity index (χ3n) is 2.82. The summed E-state index contributed by atoms with van der Waals surface area (Å²) in [6.45, 7) is 0. The first-order chi connectivity index (χ1) is 7.68. The van der Waals surface area contributed by atoms with Crippen LogP contribution in [0.4, 0.5) is 0 Å². The second-order valence-electron chi connectivity index (χ2n) is 4.00. The Morgan fingerprint density at radius 2 is 2.19 bits per heavy atom. The Labute approximate surface area is 102 Å². The van der Waals surface area contributed by atoms with Crippen molar-refractivity contribution in [1.29, 1.82) is 0 Å². The molecule has 0 aliphatic heterocycles. The molecule has 1 saturated carbocycles. The molecule has 1 heterocycles. The zero-order valence-corrected chi connectivity index (χ0v) is 9.94. The number of aromatic amines is 1. The van der Waals surface area contributed by atoms with Crippen molar-refractivity contribution in [3.63, 3.8) is 0 Å². The van der Waals surface area contributed by atoms with Gasteiger partial charge >= 0.3 is 0 Å². The molecule has 0 amide bonds. The minimum Gasteiger partial charge on any atom is -0.331 e. The Kier molecular flexibility index (Phi) is 2.16. The third kappa shape index (κ3) is 1.41. The lowest BCUT2D eigenvalue weighted by Crippen LogP contribution is -2.21. The van der Waals surface area contributed by atoms with E-state index in [2.05, 4.69) is 4.98 Å². The number of hydrogen-bond donors (Lipinski definition) is 1. The van der Waals surface area contributed by atoms with Gasteiger partial charge in [0.25, 0.3) is 5.56 Å². The Hall–Kier alpha value is -1.13. The van der Waals surface area contributed by atoms with Crippen LogP contribution in [0.15, 0.2) is 23.0 Å². The van der Waals surface area contributed by atoms with Crippen molar-refractivity contribution in [2.75, 3.05) is 0 Å². The number of fused-ring (bicyclic) bond motifs is 1. The van der Waals surface area contributed by atoms with Crippen LogP contribution >= 0.6 is 23.8 Å². The molecule has 0 saturated heterocycles. The zero-order valence-electron chi connectivity index (χ0n) is 8.37. The summed E-state index contributed by atoms with van der Waals surface area (Å²) in [7, 11) is 0. The second kappa shape index (κ2) is 3.43. The quantitative estimate of drug-likeness (QED) is 0.792. The molecule has 0 unspecified atom stereocenters. The molecule has 1 aliphatic rings. The first-order valence-electron chi connectivity index (χ1n) is 5.11. The van der Waals surface area contributed by atoms with Crippen LogP contribution in [-0.2, 0) is 0 Å². The highest BCUT2D eigenvalue weighted by Crippen LogP contribution is 2.34. The van der Waals surface area contributed by atoms with Crippen molar-refractivity contribution in [3.05, 3.63) is 38.3 Å². The average Bonchev–Trinajstić information content (AvgIpc) is 3.01. The molecule has 0 bridgehead atoms. The molecule has 0 radical (unpaired) electrons. The number of H-pyrrole nitrogens is 1. The van der Waals surface area contributed by atoms with Crippen molar-refractivity contribution < 1.29 is 0 Å². The van der Waals surface area contributed by atoms with Crippen LogP contribution in [0.2, 0.25) is 5.02 Å². The molecule has 1 aromatic carbocycles. The minimum absolute atomic E-state index is 0.0770. The van der Waals surface area contributed by atoms with Crippen LogP contribution in [0.25, 0.3) is 10.9 Å². The molecule has 5 heteroatoms. The van der Waals surface area contributed by atoms with Crippen LogP contribution in [0.5, 0.6) is 0 Å². The lowest BCUT2D eigenvalue weighted by atomic mass is 10.2. The summed E-state index contributed by atoms with van der Waals surface area (Å²) in [4.78, 5) is 15.3. The zero-order chi connectivity index (χ0) is 11.3. The number of halogens is 1. The molecule has 16 heavy (non-hydrogen) atoms. The van der Waals surface area contributed by atoms with Crippen molar-refractivity contribution in [2.45, 2.75) is 18.9 Å². The molecular weight excluding hydrogens is 244 g/mol. The van der Waals surface area contributed by atoms with Gasteiger partial charge in [-0.1, -0.05) is 17.7 Å². The largest absolute Gasteiger partial charge is 0.331 e. The maximum absolute atomic E-state index is 12.2. The highest BCUT2D eigenvalue weighted by molar-refractivity contribution is 7.71. The van der Waals surface area contributed by atoms with Crippen molar-refractivity contribution in [2.24, 2.45) is 0 Å². The smallest absolute Gasteiger partial charge is 0.263 e. The van der Waals surface area contributed by atoms with Gasteiger partial charge in [-0.25, -0.2) is 0 Å². The van der Waals surface area contributed by atoms with Gasteiger partial charge in [-0.2, -0.15) is 0 Å². The number of benzene rings is 1. The fraction of sp³-hybridized carbons (Fsp3) is 0.273. The molecule has 1 aromatic heterocycles. The summed E-state index contributed by atoms with van der Waals surface area (Å²) in [5.74, 6) is 0. The normalized spacial score (nSPS) is 15.6. The fourth-order valence-corrected chi connectivity index (χ4v) is 2.50. The Morgan fingerprint density at radius 1 is 1.44 bits per heavy atom. The van der Waals surface area contributed by atoms with E-state index >= 15 is 0 Å².